The van der Waals surface area contributed by atoms with Gasteiger partial charge in [0, 0.05) is 11.8 Å². The van der Waals surface area contributed by atoms with Crippen molar-refractivity contribution < 1.29 is 45.4 Å². The molecular formula is C23H30F6O4. The van der Waals surface area contributed by atoms with Gasteiger partial charge in [0.15, 0.2) is 0 Å². The highest BCUT2D eigenvalue weighted by atomic mass is 19.4. The molecule has 0 aromatic carbocycles. The van der Waals surface area contributed by atoms with Crippen LogP contribution in [0.5, 0.6) is 0 Å². The molecule has 0 heterocycles. The topological polar surface area (TPSA) is 52.6 Å². The number of fused-ring (bicyclic) bond motifs is 5. The third-order valence-electron chi connectivity index (χ3n) is 9.61. The lowest BCUT2D eigenvalue weighted by Gasteiger charge is -2.61. The van der Waals surface area contributed by atoms with Crippen molar-refractivity contribution in [3.05, 3.63) is 0 Å². The zero-order valence-corrected chi connectivity index (χ0v) is 18.8. The number of carbonyl (C=O) groups is 2. The smallest absolute Gasteiger partial charge is 0.415 e. The number of carbonyl (C=O) groups excluding carboxylic acids is 2. The Hall–Kier alpha value is -1.48. The van der Waals surface area contributed by atoms with E-state index in [1.165, 1.54) is 13.3 Å². The van der Waals surface area contributed by atoms with Crippen LogP contribution in [0.15, 0.2) is 0 Å². The van der Waals surface area contributed by atoms with Crippen LogP contribution < -0.4 is 0 Å². The van der Waals surface area contributed by atoms with Crippen molar-refractivity contribution in [2.24, 2.45) is 34.5 Å². The highest BCUT2D eigenvalue weighted by Gasteiger charge is 2.70. The molecule has 0 spiro atoms. The normalized spacial score (nSPS) is 40.2. The lowest BCUT2D eigenvalue weighted by atomic mass is 9.45. The van der Waals surface area contributed by atoms with Crippen molar-refractivity contribution in [1.29, 1.82) is 0 Å². The second-order valence-electron chi connectivity index (χ2n) is 10.9. The minimum absolute atomic E-state index is 0.0825. The molecule has 188 valence electrons. The Labute approximate surface area is 188 Å². The minimum Gasteiger partial charge on any atom is -0.415 e. The Morgan fingerprint density at radius 2 is 1.30 bits per heavy atom. The van der Waals surface area contributed by atoms with E-state index in [1.54, 1.807) is 0 Å². The zero-order chi connectivity index (χ0) is 24.4. The number of hydrogen-bond acceptors (Lipinski definition) is 4. The first-order valence-electron chi connectivity index (χ1n) is 11.7. The van der Waals surface area contributed by atoms with Gasteiger partial charge in [0.1, 0.15) is 0 Å². The standard InChI is InChI=1S/C23H30F6O4/c1-19-10-4-3-5-13(19)6-7-14-15(19)8-11-20(2)16(14)9-12-21(20,32-17(30)22(24,25)26)33-18(31)23(27,28)29/h13-16H,3-12H2,1-2H3/t13?,14-,15-,16+,19+,20+/m1/s1. The predicted molar refractivity (Wildman–Crippen MR) is 103 cm³/mol. The van der Waals surface area contributed by atoms with Gasteiger partial charge in [-0.05, 0) is 74.0 Å². The van der Waals surface area contributed by atoms with Gasteiger partial charge >= 0.3 is 24.3 Å². The van der Waals surface area contributed by atoms with Crippen LogP contribution in [0.1, 0.15) is 78.1 Å². The maximum atomic E-state index is 13.1. The van der Waals surface area contributed by atoms with Gasteiger partial charge in [0.05, 0.1) is 0 Å². The molecule has 4 aliphatic rings. The van der Waals surface area contributed by atoms with Crippen molar-refractivity contribution in [1.82, 2.24) is 0 Å². The summed E-state index contributed by atoms with van der Waals surface area (Å²) in [5, 5.41) is 0. The van der Waals surface area contributed by atoms with Crippen molar-refractivity contribution >= 4 is 11.9 Å². The molecular weight excluding hydrogens is 454 g/mol. The second-order valence-corrected chi connectivity index (χ2v) is 10.9. The molecule has 0 aliphatic heterocycles. The van der Waals surface area contributed by atoms with Crippen molar-refractivity contribution in [2.45, 2.75) is 96.2 Å². The molecule has 4 saturated carbocycles. The van der Waals surface area contributed by atoms with Crippen LogP contribution in [0.3, 0.4) is 0 Å². The number of halogens is 6. The summed E-state index contributed by atoms with van der Waals surface area (Å²) in [6, 6.07) is 0. The molecule has 4 rings (SSSR count). The molecule has 6 atom stereocenters. The molecule has 0 amide bonds. The molecule has 10 heteroatoms. The summed E-state index contributed by atoms with van der Waals surface area (Å²) in [6.07, 6.45) is -3.81. The molecule has 0 radical (unpaired) electrons. The summed E-state index contributed by atoms with van der Waals surface area (Å²) in [6.45, 7) is 3.81. The summed E-state index contributed by atoms with van der Waals surface area (Å²) in [7, 11) is 0. The van der Waals surface area contributed by atoms with Crippen LogP contribution in [-0.4, -0.2) is 30.1 Å². The van der Waals surface area contributed by atoms with Crippen LogP contribution in [0.2, 0.25) is 0 Å². The Balaban J connectivity index is 1.68. The second kappa shape index (κ2) is 7.77. The summed E-state index contributed by atoms with van der Waals surface area (Å²) >= 11 is 0. The number of hydrogen-bond donors (Lipinski definition) is 0. The Bertz CT molecular complexity index is 780. The third kappa shape index (κ3) is 3.83. The van der Waals surface area contributed by atoms with Crippen LogP contribution in [0.25, 0.3) is 0 Å². The van der Waals surface area contributed by atoms with Gasteiger partial charge in [-0.2, -0.15) is 26.3 Å². The van der Waals surface area contributed by atoms with Gasteiger partial charge in [-0.3, -0.25) is 0 Å². The summed E-state index contributed by atoms with van der Waals surface area (Å²) in [4.78, 5) is 23.6. The maximum absolute atomic E-state index is 13.1. The van der Waals surface area contributed by atoms with Gasteiger partial charge in [0.25, 0.3) is 5.79 Å². The number of alkyl halides is 6. The van der Waals surface area contributed by atoms with Crippen LogP contribution >= 0.6 is 0 Å². The van der Waals surface area contributed by atoms with E-state index in [2.05, 4.69) is 6.92 Å². The van der Waals surface area contributed by atoms with E-state index in [0.29, 0.717) is 18.3 Å². The van der Waals surface area contributed by atoms with E-state index in [4.69, 9.17) is 9.47 Å². The minimum atomic E-state index is -5.42. The molecule has 4 aliphatic carbocycles. The molecule has 4 nitrogen and oxygen atoms in total. The zero-order valence-electron chi connectivity index (χ0n) is 18.8. The SMILES string of the molecule is C[C@]12CCCCC1CC[C@@H]1[C@H]2CC[C@@]2(C)[C@H]1CCC2(OC(=O)C(F)(F)F)OC(=O)C(F)(F)F. The highest BCUT2D eigenvalue weighted by molar-refractivity contribution is 5.78. The van der Waals surface area contributed by atoms with E-state index in [1.807, 2.05) is 0 Å². The molecule has 0 bridgehead atoms. The molecule has 0 saturated heterocycles. The summed E-state index contributed by atoms with van der Waals surface area (Å²) in [5.41, 5.74) is -1.23. The first-order chi connectivity index (χ1) is 15.1. The largest absolute Gasteiger partial charge is 0.491 e. The monoisotopic (exact) mass is 484 g/mol. The van der Waals surface area contributed by atoms with Gasteiger partial charge in [-0.1, -0.05) is 26.7 Å². The quantitative estimate of drug-likeness (QED) is 0.261. The highest BCUT2D eigenvalue weighted by Crippen LogP contribution is 2.69. The fourth-order valence-electron chi connectivity index (χ4n) is 8.02. The lowest BCUT2D eigenvalue weighted by molar-refractivity contribution is -0.306. The summed E-state index contributed by atoms with van der Waals surface area (Å²) < 4.78 is 87.8. The fraction of sp³-hybridized carbons (Fsp3) is 0.913. The van der Waals surface area contributed by atoms with Gasteiger partial charge in [-0.15, -0.1) is 0 Å². The molecule has 0 N–H and O–H groups in total. The fourth-order valence-corrected chi connectivity index (χ4v) is 8.02. The van der Waals surface area contributed by atoms with E-state index in [9.17, 15) is 35.9 Å². The third-order valence-corrected chi connectivity index (χ3v) is 9.61. The average Bonchev–Trinajstić information content (AvgIpc) is 2.98. The van der Waals surface area contributed by atoms with E-state index in [-0.39, 0.29) is 36.5 Å². The maximum Gasteiger partial charge on any atom is 0.491 e. The first kappa shape index (κ1) is 24.6. The Morgan fingerprint density at radius 3 is 1.88 bits per heavy atom. The van der Waals surface area contributed by atoms with Gasteiger partial charge in [-0.25, -0.2) is 9.59 Å². The molecule has 4 fully saturated rings. The Morgan fingerprint density at radius 1 is 0.727 bits per heavy atom. The number of ether oxygens (including phenoxy) is 2. The van der Waals surface area contributed by atoms with Crippen molar-refractivity contribution in [3.63, 3.8) is 0 Å². The van der Waals surface area contributed by atoms with E-state index < -0.39 is 35.5 Å². The Kier molecular flexibility index (Phi) is 5.80. The molecule has 33 heavy (non-hydrogen) atoms. The van der Waals surface area contributed by atoms with Crippen LogP contribution in [0.4, 0.5) is 26.3 Å². The molecule has 1 unspecified atom stereocenters. The van der Waals surface area contributed by atoms with Crippen molar-refractivity contribution in [2.75, 3.05) is 0 Å². The van der Waals surface area contributed by atoms with Crippen LogP contribution in [0, 0.1) is 34.5 Å². The molecule has 0 aromatic rings. The van der Waals surface area contributed by atoms with E-state index >= 15 is 0 Å². The van der Waals surface area contributed by atoms with Gasteiger partial charge in [0.2, 0.25) is 0 Å². The van der Waals surface area contributed by atoms with Gasteiger partial charge < -0.3 is 9.47 Å². The molecule has 0 aromatic heterocycles. The lowest BCUT2D eigenvalue weighted by Crippen LogP contribution is -2.59. The average molecular weight is 484 g/mol. The number of esters is 2. The number of rotatable bonds is 2. The van der Waals surface area contributed by atoms with Crippen molar-refractivity contribution in [3.8, 4) is 0 Å². The van der Waals surface area contributed by atoms with Crippen LogP contribution in [-0.2, 0) is 19.1 Å². The predicted octanol–water partition coefficient (Wildman–Crippen LogP) is 6.33. The van der Waals surface area contributed by atoms with E-state index in [0.717, 1.165) is 32.1 Å². The first-order valence-corrected chi connectivity index (χ1v) is 11.7. The summed E-state index contributed by atoms with van der Waals surface area (Å²) in [5.74, 6) is -7.19.